The third-order valence-corrected chi connectivity index (χ3v) is 6.35. The van der Waals surface area contributed by atoms with Crippen LogP contribution in [0.15, 0.2) is 30.7 Å². The van der Waals surface area contributed by atoms with E-state index in [0.717, 1.165) is 37.1 Å². The summed E-state index contributed by atoms with van der Waals surface area (Å²) in [5.41, 5.74) is 3.94. The van der Waals surface area contributed by atoms with Crippen molar-refractivity contribution in [1.82, 2.24) is 19.7 Å². The molecule has 1 unspecified atom stereocenters. The Labute approximate surface area is 180 Å². The predicted octanol–water partition coefficient (Wildman–Crippen LogP) is 4.02. The average molecular weight is 423 g/mol. The second-order valence-electron chi connectivity index (χ2n) is 9.22. The molecule has 1 fully saturated rings. The summed E-state index contributed by atoms with van der Waals surface area (Å²) in [6.45, 7) is 7.82. The standard InChI is InChI=1S/C23H27FN6O/c1-14-12-29-13-19(18(24)10-20(29)27-14)28-22(31)30-9-6-17-16(5-7-25-21(17)30)15-4-8-26-23(2,3)11-15/h5,7,10,12-13,15,26H,4,6,8-9,11H2,1-3H3,(H,28,31). The zero-order valence-corrected chi connectivity index (χ0v) is 18.1. The Hall–Kier alpha value is -3.00. The molecule has 0 bridgehead atoms. The number of carbonyl (C=O) groups excluding carboxylic acids is 1. The Morgan fingerprint density at radius 1 is 1.35 bits per heavy atom. The van der Waals surface area contributed by atoms with Crippen molar-refractivity contribution < 1.29 is 9.18 Å². The number of hydrogen-bond donors (Lipinski definition) is 2. The van der Waals surface area contributed by atoms with Crippen LogP contribution in [-0.4, -0.2) is 39.0 Å². The Morgan fingerprint density at radius 2 is 2.19 bits per heavy atom. The molecule has 3 aromatic heterocycles. The van der Waals surface area contributed by atoms with Crippen molar-refractivity contribution in [3.63, 3.8) is 0 Å². The van der Waals surface area contributed by atoms with Gasteiger partial charge in [-0.2, -0.15) is 0 Å². The van der Waals surface area contributed by atoms with E-state index in [0.29, 0.717) is 23.9 Å². The molecule has 2 aliphatic rings. The summed E-state index contributed by atoms with van der Waals surface area (Å²) in [4.78, 5) is 23.4. The first kappa shape index (κ1) is 19.9. The molecule has 162 valence electrons. The molecule has 8 heteroatoms. The van der Waals surface area contributed by atoms with Gasteiger partial charge in [-0.3, -0.25) is 4.90 Å². The third kappa shape index (κ3) is 3.65. The van der Waals surface area contributed by atoms with Gasteiger partial charge in [-0.1, -0.05) is 0 Å². The first-order chi connectivity index (χ1) is 14.8. The van der Waals surface area contributed by atoms with Crippen molar-refractivity contribution in [2.75, 3.05) is 23.3 Å². The van der Waals surface area contributed by atoms with E-state index in [1.807, 2.05) is 6.92 Å². The minimum Gasteiger partial charge on any atom is -0.312 e. The highest BCUT2D eigenvalue weighted by Crippen LogP contribution is 2.39. The van der Waals surface area contributed by atoms with Crippen LogP contribution in [0, 0.1) is 12.7 Å². The van der Waals surface area contributed by atoms with E-state index in [1.165, 1.54) is 11.6 Å². The van der Waals surface area contributed by atoms with Gasteiger partial charge in [0, 0.05) is 42.3 Å². The monoisotopic (exact) mass is 422 g/mol. The van der Waals surface area contributed by atoms with Crippen LogP contribution in [0.5, 0.6) is 0 Å². The lowest BCUT2D eigenvalue weighted by Gasteiger charge is -2.37. The van der Waals surface area contributed by atoms with Gasteiger partial charge in [0.2, 0.25) is 0 Å². The van der Waals surface area contributed by atoms with Crippen molar-refractivity contribution in [3.05, 3.63) is 53.4 Å². The van der Waals surface area contributed by atoms with Crippen molar-refractivity contribution in [3.8, 4) is 0 Å². The summed E-state index contributed by atoms with van der Waals surface area (Å²) in [6.07, 6.45) is 8.02. The van der Waals surface area contributed by atoms with Gasteiger partial charge in [-0.25, -0.2) is 19.2 Å². The fourth-order valence-electron chi connectivity index (χ4n) is 4.95. The number of pyridine rings is 2. The highest BCUT2D eigenvalue weighted by Gasteiger charge is 2.34. The molecule has 2 amide bonds. The molecule has 0 saturated carbocycles. The number of amides is 2. The number of aryl methyl sites for hydroxylation is 1. The van der Waals surface area contributed by atoms with Gasteiger partial charge in [0.15, 0.2) is 5.82 Å². The molecule has 0 spiro atoms. The second-order valence-corrected chi connectivity index (χ2v) is 9.22. The minimum atomic E-state index is -0.510. The first-order valence-electron chi connectivity index (χ1n) is 10.8. The molecule has 0 aromatic carbocycles. The van der Waals surface area contributed by atoms with E-state index in [-0.39, 0.29) is 17.3 Å². The topological polar surface area (TPSA) is 74.6 Å². The van der Waals surface area contributed by atoms with Crippen LogP contribution >= 0.6 is 0 Å². The van der Waals surface area contributed by atoms with Gasteiger partial charge in [-0.05, 0) is 64.1 Å². The zero-order valence-electron chi connectivity index (χ0n) is 18.1. The average Bonchev–Trinajstić information content (AvgIpc) is 3.29. The predicted molar refractivity (Wildman–Crippen MR) is 118 cm³/mol. The van der Waals surface area contributed by atoms with Gasteiger partial charge < -0.3 is 15.0 Å². The highest BCUT2D eigenvalue weighted by molar-refractivity contribution is 6.02. The summed E-state index contributed by atoms with van der Waals surface area (Å²) in [6, 6.07) is 3.06. The molecule has 5 rings (SSSR count). The quantitative estimate of drug-likeness (QED) is 0.654. The minimum absolute atomic E-state index is 0.0938. The number of halogens is 1. The molecule has 0 aliphatic carbocycles. The van der Waals surface area contributed by atoms with Crippen molar-refractivity contribution in [2.45, 2.75) is 51.5 Å². The van der Waals surface area contributed by atoms with Gasteiger partial charge >= 0.3 is 6.03 Å². The Balaban J connectivity index is 1.40. The molecule has 2 N–H and O–H groups in total. The van der Waals surface area contributed by atoms with Gasteiger partial charge in [0.1, 0.15) is 11.5 Å². The van der Waals surface area contributed by atoms with Gasteiger partial charge in [-0.15, -0.1) is 0 Å². The van der Waals surface area contributed by atoms with E-state index in [4.69, 9.17) is 0 Å². The van der Waals surface area contributed by atoms with Gasteiger partial charge in [0.25, 0.3) is 0 Å². The van der Waals surface area contributed by atoms with Crippen LogP contribution in [-0.2, 0) is 6.42 Å². The normalized spacial score (nSPS) is 20.1. The van der Waals surface area contributed by atoms with Crippen LogP contribution in [0.1, 0.15) is 49.4 Å². The van der Waals surface area contributed by atoms with E-state index in [9.17, 15) is 9.18 Å². The SMILES string of the molecule is Cc1cn2cc(NC(=O)N3CCc4c(C5CCNC(C)(C)C5)ccnc43)c(F)cc2n1. The highest BCUT2D eigenvalue weighted by atomic mass is 19.1. The van der Waals surface area contributed by atoms with Gasteiger partial charge in [0.05, 0.1) is 11.4 Å². The summed E-state index contributed by atoms with van der Waals surface area (Å²) < 4.78 is 16.3. The lowest BCUT2D eigenvalue weighted by atomic mass is 9.79. The molecule has 5 heterocycles. The second kappa shape index (κ2) is 7.30. The molecular weight excluding hydrogens is 395 g/mol. The van der Waals surface area contributed by atoms with Crippen molar-refractivity contribution in [1.29, 1.82) is 0 Å². The third-order valence-electron chi connectivity index (χ3n) is 6.35. The fraction of sp³-hybridized carbons (Fsp3) is 0.435. The number of imidazole rings is 1. The summed E-state index contributed by atoms with van der Waals surface area (Å²) >= 11 is 0. The van der Waals surface area contributed by atoms with Crippen LogP contribution in [0.25, 0.3) is 5.65 Å². The molecule has 1 saturated heterocycles. The number of carbonyl (C=O) groups is 1. The lowest BCUT2D eigenvalue weighted by molar-refractivity contribution is 0.257. The number of hydrogen-bond acceptors (Lipinski definition) is 4. The smallest absolute Gasteiger partial charge is 0.312 e. The Morgan fingerprint density at radius 3 is 3.00 bits per heavy atom. The van der Waals surface area contributed by atoms with Crippen LogP contribution < -0.4 is 15.5 Å². The number of nitrogens with zero attached hydrogens (tertiary/aromatic N) is 4. The van der Waals surface area contributed by atoms with Crippen LogP contribution in [0.3, 0.4) is 0 Å². The number of aromatic nitrogens is 3. The molecule has 31 heavy (non-hydrogen) atoms. The number of anilines is 2. The molecule has 3 aromatic rings. The zero-order chi connectivity index (χ0) is 21.8. The summed E-state index contributed by atoms with van der Waals surface area (Å²) in [7, 11) is 0. The molecule has 1 atom stereocenters. The maximum Gasteiger partial charge on any atom is 0.327 e. The number of rotatable bonds is 2. The number of urea groups is 1. The number of fused-ring (bicyclic) bond motifs is 2. The maximum absolute atomic E-state index is 14.5. The van der Waals surface area contributed by atoms with E-state index >= 15 is 0 Å². The summed E-state index contributed by atoms with van der Waals surface area (Å²) in [5, 5.41) is 6.29. The number of piperidine rings is 1. The summed E-state index contributed by atoms with van der Waals surface area (Å²) in [5.74, 6) is 0.621. The Bertz CT molecular complexity index is 1170. The first-order valence-corrected chi connectivity index (χ1v) is 10.8. The van der Waals surface area contributed by atoms with E-state index < -0.39 is 5.82 Å². The molecule has 2 aliphatic heterocycles. The molecule has 0 radical (unpaired) electrons. The van der Waals surface area contributed by atoms with Crippen LogP contribution in [0.4, 0.5) is 20.7 Å². The Kier molecular flexibility index (Phi) is 4.69. The fourth-order valence-corrected chi connectivity index (χ4v) is 4.95. The van der Waals surface area contributed by atoms with E-state index in [2.05, 4.69) is 40.5 Å². The van der Waals surface area contributed by atoms with E-state index in [1.54, 1.807) is 27.9 Å². The largest absolute Gasteiger partial charge is 0.327 e. The lowest BCUT2D eigenvalue weighted by Crippen LogP contribution is -2.45. The number of nitrogens with one attached hydrogen (secondary N) is 2. The van der Waals surface area contributed by atoms with Crippen molar-refractivity contribution >= 4 is 23.2 Å². The molecular formula is C23H27FN6O. The van der Waals surface area contributed by atoms with Crippen molar-refractivity contribution in [2.24, 2.45) is 0 Å². The molecule has 7 nitrogen and oxygen atoms in total. The van der Waals surface area contributed by atoms with Crippen LogP contribution in [0.2, 0.25) is 0 Å². The maximum atomic E-state index is 14.5.